The zero-order chi connectivity index (χ0) is 18.1. The topological polar surface area (TPSA) is 33.3 Å². The molecule has 0 fully saturated rings. The average Bonchev–Trinajstić information content (AvgIpc) is 2.59. The van der Waals surface area contributed by atoms with Crippen LogP contribution in [0.15, 0.2) is 54.6 Å². The van der Waals surface area contributed by atoms with Crippen LogP contribution in [-0.2, 0) is 6.42 Å². The Balaban J connectivity index is 1.83. The lowest BCUT2D eigenvalue weighted by Gasteiger charge is -2.18. The second-order valence-corrected chi connectivity index (χ2v) is 6.90. The summed E-state index contributed by atoms with van der Waals surface area (Å²) in [7, 11) is 0. The molecule has 25 heavy (non-hydrogen) atoms. The number of ether oxygens (including phenoxy) is 1. The molecule has 3 nitrogen and oxygen atoms in total. The van der Waals surface area contributed by atoms with Crippen LogP contribution in [0.1, 0.15) is 32.8 Å². The van der Waals surface area contributed by atoms with Crippen molar-refractivity contribution in [3.63, 3.8) is 0 Å². The molecule has 4 heteroatoms. The third-order valence-electron chi connectivity index (χ3n) is 3.96. The molecule has 0 aliphatic heterocycles. The van der Waals surface area contributed by atoms with Gasteiger partial charge in [-0.2, -0.15) is 0 Å². The quantitative estimate of drug-likeness (QED) is 0.650. The Morgan fingerprint density at radius 2 is 1.84 bits per heavy atom. The molecule has 0 spiro atoms. The monoisotopic (exact) mass is 356 g/mol. The number of thiocarbonyl (C=S) groups is 1. The summed E-state index contributed by atoms with van der Waals surface area (Å²) < 4.78 is 5.71. The number of nitrogens with one attached hydrogen (secondary N) is 2. The van der Waals surface area contributed by atoms with Gasteiger partial charge in [-0.1, -0.05) is 49.7 Å². The van der Waals surface area contributed by atoms with E-state index in [0.29, 0.717) is 11.0 Å². The van der Waals surface area contributed by atoms with Crippen molar-refractivity contribution in [1.82, 2.24) is 5.32 Å². The molecule has 1 unspecified atom stereocenters. The van der Waals surface area contributed by atoms with Crippen LogP contribution in [0.5, 0.6) is 5.75 Å². The lowest BCUT2D eigenvalue weighted by Crippen LogP contribution is -2.33. The van der Waals surface area contributed by atoms with Crippen molar-refractivity contribution >= 4 is 23.0 Å². The van der Waals surface area contributed by atoms with Gasteiger partial charge in [0, 0.05) is 18.3 Å². The van der Waals surface area contributed by atoms with Gasteiger partial charge in [-0.15, -0.1) is 0 Å². The molecule has 2 N–H and O–H groups in total. The van der Waals surface area contributed by atoms with E-state index in [-0.39, 0.29) is 6.10 Å². The van der Waals surface area contributed by atoms with Gasteiger partial charge in [0.1, 0.15) is 5.75 Å². The Hall–Kier alpha value is -2.07. The maximum atomic E-state index is 5.71. The average molecular weight is 357 g/mol. The summed E-state index contributed by atoms with van der Waals surface area (Å²) in [6, 6.07) is 18.5. The molecule has 0 heterocycles. The third-order valence-corrected chi connectivity index (χ3v) is 4.21. The van der Waals surface area contributed by atoms with E-state index in [4.69, 9.17) is 17.0 Å². The molecular formula is C21H28N2OS. The Labute approximate surface area is 156 Å². The van der Waals surface area contributed by atoms with Gasteiger partial charge in [-0.3, -0.25) is 0 Å². The van der Waals surface area contributed by atoms with E-state index in [1.807, 2.05) is 38.1 Å². The lowest BCUT2D eigenvalue weighted by atomic mass is 9.97. The third kappa shape index (κ3) is 7.14. The van der Waals surface area contributed by atoms with Crippen molar-refractivity contribution in [2.45, 2.75) is 39.7 Å². The van der Waals surface area contributed by atoms with Gasteiger partial charge in [0.15, 0.2) is 5.11 Å². The van der Waals surface area contributed by atoms with Gasteiger partial charge < -0.3 is 15.4 Å². The smallest absolute Gasteiger partial charge is 0.170 e. The number of anilines is 1. The summed E-state index contributed by atoms with van der Waals surface area (Å²) in [5.41, 5.74) is 2.31. The summed E-state index contributed by atoms with van der Waals surface area (Å²) in [6.07, 6.45) is 2.33. The largest absolute Gasteiger partial charge is 0.491 e. The molecule has 1 atom stereocenters. The number of rotatable bonds is 8. The van der Waals surface area contributed by atoms with Gasteiger partial charge >= 0.3 is 0 Å². The minimum Gasteiger partial charge on any atom is -0.491 e. The van der Waals surface area contributed by atoms with Crippen molar-refractivity contribution in [3.8, 4) is 5.75 Å². The van der Waals surface area contributed by atoms with Gasteiger partial charge in [-0.05, 0) is 56.1 Å². The highest BCUT2D eigenvalue weighted by atomic mass is 32.1. The standard InChI is InChI=1S/C21H28N2OS/c1-4-17(13-18-9-6-5-7-10-18)15-22-21(25)23-19-11-8-12-20(14-19)24-16(2)3/h5-12,14,16-17H,4,13,15H2,1-3H3,(H2,22,23,25). The van der Waals surface area contributed by atoms with E-state index in [1.165, 1.54) is 5.56 Å². The van der Waals surface area contributed by atoms with Crippen LogP contribution in [0.25, 0.3) is 0 Å². The highest BCUT2D eigenvalue weighted by Gasteiger charge is 2.08. The van der Waals surface area contributed by atoms with Crippen LogP contribution >= 0.6 is 12.2 Å². The van der Waals surface area contributed by atoms with Crippen molar-refractivity contribution in [2.75, 3.05) is 11.9 Å². The molecule has 2 rings (SSSR count). The Bertz CT molecular complexity index is 658. The van der Waals surface area contributed by atoms with Crippen LogP contribution in [0, 0.1) is 5.92 Å². The first-order chi connectivity index (χ1) is 12.1. The van der Waals surface area contributed by atoms with Crippen molar-refractivity contribution in [2.24, 2.45) is 5.92 Å². The van der Waals surface area contributed by atoms with Crippen LogP contribution in [-0.4, -0.2) is 17.8 Å². The molecule has 0 aliphatic rings. The molecule has 0 aliphatic carbocycles. The van der Waals surface area contributed by atoms with E-state index >= 15 is 0 Å². The molecule has 2 aromatic carbocycles. The SMILES string of the molecule is CCC(CNC(=S)Nc1cccc(OC(C)C)c1)Cc1ccccc1. The summed E-state index contributed by atoms with van der Waals surface area (Å²) in [6.45, 7) is 7.12. The highest BCUT2D eigenvalue weighted by molar-refractivity contribution is 7.80. The first-order valence-electron chi connectivity index (χ1n) is 8.92. The predicted octanol–water partition coefficient (Wildman–Crippen LogP) is 5.03. The highest BCUT2D eigenvalue weighted by Crippen LogP contribution is 2.18. The van der Waals surface area contributed by atoms with Crippen molar-refractivity contribution in [1.29, 1.82) is 0 Å². The molecule has 0 bridgehead atoms. The molecule has 0 aromatic heterocycles. The molecule has 134 valence electrons. The lowest BCUT2D eigenvalue weighted by molar-refractivity contribution is 0.242. The Kier molecular flexibility index (Phi) is 7.74. The fourth-order valence-corrected chi connectivity index (χ4v) is 2.84. The Morgan fingerprint density at radius 1 is 1.08 bits per heavy atom. The second-order valence-electron chi connectivity index (χ2n) is 6.49. The van der Waals surface area contributed by atoms with E-state index in [9.17, 15) is 0 Å². The van der Waals surface area contributed by atoms with Gasteiger partial charge in [0.25, 0.3) is 0 Å². The molecule has 2 aromatic rings. The van der Waals surface area contributed by atoms with Gasteiger partial charge in [-0.25, -0.2) is 0 Å². The molecule has 0 amide bonds. The fraction of sp³-hybridized carbons (Fsp3) is 0.381. The van der Waals surface area contributed by atoms with Crippen molar-refractivity contribution in [3.05, 3.63) is 60.2 Å². The molecule has 0 saturated carbocycles. The first-order valence-corrected chi connectivity index (χ1v) is 9.33. The zero-order valence-electron chi connectivity index (χ0n) is 15.3. The van der Waals surface area contributed by atoms with E-state index < -0.39 is 0 Å². The number of hydrogen-bond donors (Lipinski definition) is 2. The number of hydrogen-bond acceptors (Lipinski definition) is 2. The fourth-order valence-electron chi connectivity index (χ4n) is 2.64. The van der Waals surface area contributed by atoms with Crippen LogP contribution in [0.2, 0.25) is 0 Å². The molecular weight excluding hydrogens is 328 g/mol. The normalized spacial score (nSPS) is 11.8. The summed E-state index contributed by atoms with van der Waals surface area (Å²) in [5, 5.41) is 7.23. The minimum absolute atomic E-state index is 0.156. The summed E-state index contributed by atoms with van der Waals surface area (Å²) in [4.78, 5) is 0. The Morgan fingerprint density at radius 3 is 2.52 bits per heavy atom. The summed E-state index contributed by atoms with van der Waals surface area (Å²) in [5.74, 6) is 1.40. The van der Waals surface area contributed by atoms with Gasteiger partial charge in [0.2, 0.25) is 0 Å². The van der Waals surface area contributed by atoms with Crippen LogP contribution in [0.4, 0.5) is 5.69 Å². The molecule has 0 radical (unpaired) electrons. The maximum absolute atomic E-state index is 5.71. The predicted molar refractivity (Wildman–Crippen MR) is 110 cm³/mol. The van der Waals surface area contributed by atoms with E-state index in [2.05, 4.69) is 47.9 Å². The molecule has 0 saturated heterocycles. The van der Waals surface area contributed by atoms with Gasteiger partial charge in [0.05, 0.1) is 6.10 Å². The van der Waals surface area contributed by atoms with Crippen LogP contribution < -0.4 is 15.4 Å². The first kappa shape index (κ1) is 19.3. The zero-order valence-corrected chi connectivity index (χ0v) is 16.1. The maximum Gasteiger partial charge on any atom is 0.170 e. The number of benzene rings is 2. The summed E-state index contributed by atoms with van der Waals surface area (Å²) >= 11 is 5.43. The van der Waals surface area contributed by atoms with Crippen molar-refractivity contribution < 1.29 is 4.74 Å². The minimum atomic E-state index is 0.156. The van der Waals surface area contributed by atoms with Crippen LogP contribution in [0.3, 0.4) is 0 Å². The second kappa shape index (κ2) is 10.0. The van der Waals surface area contributed by atoms with E-state index in [0.717, 1.165) is 30.8 Å². The van der Waals surface area contributed by atoms with E-state index in [1.54, 1.807) is 0 Å².